The Balaban J connectivity index is 1.73. The molecule has 0 aliphatic carbocycles. The summed E-state index contributed by atoms with van der Waals surface area (Å²) in [5.74, 6) is 0.720. The SMILES string of the molecule is OCc1ccc2nc(-c3cc(-c4ccccc4)on3)ccc2c1. The predicted octanol–water partition coefficient (Wildman–Crippen LogP) is 4.05. The topological polar surface area (TPSA) is 59.2 Å². The van der Waals surface area contributed by atoms with Crippen LogP contribution >= 0.6 is 0 Å². The van der Waals surface area contributed by atoms with Crippen LogP contribution in [0.25, 0.3) is 33.6 Å². The number of nitrogens with zero attached hydrogens (tertiary/aromatic N) is 2. The normalized spacial score (nSPS) is 11.0. The van der Waals surface area contributed by atoms with Crippen LogP contribution in [-0.4, -0.2) is 15.2 Å². The number of hydrogen-bond acceptors (Lipinski definition) is 4. The first-order valence-electron chi connectivity index (χ1n) is 7.36. The molecule has 0 aliphatic heterocycles. The fourth-order valence-electron chi connectivity index (χ4n) is 2.55. The Morgan fingerprint density at radius 1 is 0.870 bits per heavy atom. The summed E-state index contributed by atoms with van der Waals surface area (Å²) >= 11 is 0. The van der Waals surface area contributed by atoms with Crippen LogP contribution in [0.1, 0.15) is 5.56 Å². The van der Waals surface area contributed by atoms with E-state index in [0.717, 1.165) is 33.5 Å². The zero-order valence-electron chi connectivity index (χ0n) is 12.3. The lowest BCUT2D eigenvalue weighted by atomic mass is 10.1. The number of rotatable bonds is 3. The van der Waals surface area contributed by atoms with Gasteiger partial charge in [0.15, 0.2) is 5.76 Å². The van der Waals surface area contributed by atoms with Crippen LogP contribution in [0.4, 0.5) is 0 Å². The molecule has 0 amide bonds. The Hall–Kier alpha value is -2.98. The summed E-state index contributed by atoms with van der Waals surface area (Å²) in [6.07, 6.45) is 0. The molecule has 112 valence electrons. The standard InChI is InChI=1S/C19H14N2O2/c22-12-13-6-8-16-15(10-13)7-9-17(20-16)18-11-19(23-21-18)14-4-2-1-3-5-14/h1-11,22H,12H2. The van der Waals surface area contributed by atoms with E-state index in [-0.39, 0.29) is 6.61 Å². The molecule has 0 saturated heterocycles. The van der Waals surface area contributed by atoms with Crippen molar-refractivity contribution in [3.63, 3.8) is 0 Å². The Kier molecular flexibility index (Phi) is 3.37. The molecular weight excluding hydrogens is 288 g/mol. The summed E-state index contributed by atoms with van der Waals surface area (Å²) in [7, 11) is 0. The van der Waals surface area contributed by atoms with Gasteiger partial charge in [0, 0.05) is 17.0 Å². The van der Waals surface area contributed by atoms with Crippen LogP contribution in [0, 0.1) is 0 Å². The van der Waals surface area contributed by atoms with Crippen LogP contribution in [0.5, 0.6) is 0 Å². The number of aliphatic hydroxyl groups is 1. The molecule has 4 aromatic rings. The molecular formula is C19H14N2O2. The Bertz CT molecular complexity index is 961. The van der Waals surface area contributed by atoms with Crippen molar-refractivity contribution in [2.24, 2.45) is 0 Å². The van der Waals surface area contributed by atoms with Gasteiger partial charge >= 0.3 is 0 Å². The van der Waals surface area contributed by atoms with Gasteiger partial charge in [-0.1, -0.05) is 47.6 Å². The van der Waals surface area contributed by atoms with E-state index < -0.39 is 0 Å². The van der Waals surface area contributed by atoms with Gasteiger partial charge in [-0.25, -0.2) is 4.98 Å². The summed E-state index contributed by atoms with van der Waals surface area (Å²) < 4.78 is 5.43. The smallest absolute Gasteiger partial charge is 0.167 e. The minimum atomic E-state index is 0.0292. The summed E-state index contributed by atoms with van der Waals surface area (Å²) in [4.78, 5) is 4.62. The third-order valence-corrected chi connectivity index (χ3v) is 3.77. The zero-order chi connectivity index (χ0) is 15.6. The second-order valence-electron chi connectivity index (χ2n) is 5.32. The monoisotopic (exact) mass is 302 g/mol. The van der Waals surface area contributed by atoms with E-state index in [1.165, 1.54) is 0 Å². The lowest BCUT2D eigenvalue weighted by molar-refractivity contribution is 0.282. The van der Waals surface area contributed by atoms with Crippen molar-refractivity contribution in [1.29, 1.82) is 0 Å². The largest absolute Gasteiger partial charge is 0.392 e. The molecule has 2 aromatic carbocycles. The summed E-state index contributed by atoms with van der Waals surface area (Å²) in [5, 5.41) is 14.3. The van der Waals surface area contributed by atoms with Crippen molar-refractivity contribution in [1.82, 2.24) is 10.1 Å². The Labute approximate surface area is 133 Å². The van der Waals surface area contributed by atoms with E-state index in [2.05, 4.69) is 10.1 Å². The number of aromatic nitrogens is 2. The second-order valence-corrected chi connectivity index (χ2v) is 5.32. The molecule has 4 rings (SSSR count). The third kappa shape index (κ3) is 2.60. The quantitative estimate of drug-likeness (QED) is 0.620. The van der Waals surface area contributed by atoms with Gasteiger partial charge in [0.25, 0.3) is 0 Å². The highest BCUT2D eigenvalue weighted by Crippen LogP contribution is 2.26. The summed E-state index contributed by atoms with van der Waals surface area (Å²) in [5.41, 5.74) is 4.20. The maximum absolute atomic E-state index is 9.20. The maximum Gasteiger partial charge on any atom is 0.167 e. The minimum Gasteiger partial charge on any atom is -0.392 e. The molecule has 0 spiro atoms. The van der Waals surface area contributed by atoms with Gasteiger partial charge in [0.1, 0.15) is 5.69 Å². The van der Waals surface area contributed by atoms with E-state index in [1.54, 1.807) is 0 Å². The fourth-order valence-corrected chi connectivity index (χ4v) is 2.55. The van der Waals surface area contributed by atoms with Gasteiger partial charge in [0.2, 0.25) is 0 Å². The van der Waals surface area contributed by atoms with Gasteiger partial charge in [-0.05, 0) is 23.8 Å². The minimum absolute atomic E-state index is 0.0292. The van der Waals surface area contributed by atoms with Gasteiger partial charge in [-0.3, -0.25) is 0 Å². The predicted molar refractivity (Wildman–Crippen MR) is 88.6 cm³/mol. The van der Waals surface area contributed by atoms with Crippen molar-refractivity contribution >= 4 is 10.9 Å². The molecule has 0 saturated carbocycles. The Morgan fingerprint density at radius 2 is 1.74 bits per heavy atom. The molecule has 0 fully saturated rings. The molecule has 4 heteroatoms. The molecule has 0 bridgehead atoms. The molecule has 4 nitrogen and oxygen atoms in total. The van der Waals surface area contributed by atoms with E-state index in [1.807, 2.05) is 66.7 Å². The number of fused-ring (bicyclic) bond motifs is 1. The van der Waals surface area contributed by atoms with Gasteiger partial charge in [-0.15, -0.1) is 0 Å². The van der Waals surface area contributed by atoms with E-state index in [0.29, 0.717) is 5.69 Å². The molecule has 0 unspecified atom stereocenters. The van der Waals surface area contributed by atoms with Crippen LogP contribution in [0.3, 0.4) is 0 Å². The number of benzene rings is 2. The van der Waals surface area contributed by atoms with Gasteiger partial charge < -0.3 is 9.63 Å². The number of hydrogen-bond donors (Lipinski definition) is 1. The molecule has 0 atom stereocenters. The molecule has 0 aliphatic rings. The van der Waals surface area contributed by atoms with Crippen LogP contribution in [0.15, 0.2) is 71.3 Å². The number of aliphatic hydroxyl groups excluding tert-OH is 1. The highest BCUT2D eigenvalue weighted by molar-refractivity contribution is 5.82. The second kappa shape index (κ2) is 5.66. The van der Waals surface area contributed by atoms with Crippen molar-refractivity contribution < 1.29 is 9.63 Å². The highest BCUT2D eigenvalue weighted by atomic mass is 16.5. The average Bonchev–Trinajstić information content (AvgIpc) is 3.11. The molecule has 0 radical (unpaired) electrons. The number of pyridine rings is 1. The van der Waals surface area contributed by atoms with Crippen LogP contribution < -0.4 is 0 Å². The third-order valence-electron chi connectivity index (χ3n) is 3.77. The van der Waals surface area contributed by atoms with E-state index in [9.17, 15) is 5.11 Å². The summed E-state index contributed by atoms with van der Waals surface area (Å²) in [6, 6.07) is 21.4. The van der Waals surface area contributed by atoms with E-state index >= 15 is 0 Å². The summed E-state index contributed by atoms with van der Waals surface area (Å²) in [6.45, 7) is 0.0292. The van der Waals surface area contributed by atoms with Gasteiger partial charge in [0.05, 0.1) is 17.8 Å². The Morgan fingerprint density at radius 3 is 2.57 bits per heavy atom. The van der Waals surface area contributed by atoms with E-state index in [4.69, 9.17) is 4.52 Å². The average molecular weight is 302 g/mol. The molecule has 2 aromatic heterocycles. The maximum atomic E-state index is 9.20. The zero-order valence-corrected chi connectivity index (χ0v) is 12.3. The molecule has 2 heterocycles. The van der Waals surface area contributed by atoms with Crippen molar-refractivity contribution in [2.45, 2.75) is 6.61 Å². The van der Waals surface area contributed by atoms with Crippen LogP contribution in [0.2, 0.25) is 0 Å². The van der Waals surface area contributed by atoms with Crippen molar-refractivity contribution in [3.05, 3.63) is 72.3 Å². The fraction of sp³-hybridized carbons (Fsp3) is 0.0526. The first-order valence-corrected chi connectivity index (χ1v) is 7.36. The highest BCUT2D eigenvalue weighted by Gasteiger charge is 2.10. The first kappa shape index (κ1) is 13.7. The van der Waals surface area contributed by atoms with Crippen molar-refractivity contribution in [3.8, 4) is 22.7 Å². The van der Waals surface area contributed by atoms with Crippen molar-refractivity contribution in [2.75, 3.05) is 0 Å². The van der Waals surface area contributed by atoms with Gasteiger partial charge in [-0.2, -0.15) is 0 Å². The first-order chi connectivity index (χ1) is 11.3. The molecule has 23 heavy (non-hydrogen) atoms. The van der Waals surface area contributed by atoms with Crippen LogP contribution in [-0.2, 0) is 6.61 Å². The molecule has 1 N–H and O–H groups in total. The lowest BCUT2D eigenvalue weighted by Crippen LogP contribution is -1.87. The lowest BCUT2D eigenvalue weighted by Gasteiger charge is -2.02.